The van der Waals surface area contributed by atoms with Crippen LogP contribution < -0.4 is 16.4 Å². The van der Waals surface area contributed by atoms with E-state index in [-0.39, 0.29) is 11.3 Å². The van der Waals surface area contributed by atoms with Crippen molar-refractivity contribution < 1.29 is 22.8 Å². The third-order valence-corrected chi connectivity index (χ3v) is 6.06. The molecule has 138 valence electrons. The van der Waals surface area contributed by atoms with E-state index in [1.54, 1.807) is 11.8 Å². The van der Waals surface area contributed by atoms with Crippen molar-refractivity contribution in [3.63, 3.8) is 0 Å². The maximum Gasteiger partial charge on any atom is 0.416 e. The molecule has 10 heteroatoms. The largest absolute Gasteiger partial charge is 0.416 e. The van der Waals surface area contributed by atoms with Gasteiger partial charge in [0.1, 0.15) is 5.00 Å². The van der Waals surface area contributed by atoms with Crippen LogP contribution in [0.3, 0.4) is 0 Å². The zero-order valence-electron chi connectivity index (χ0n) is 13.3. The summed E-state index contributed by atoms with van der Waals surface area (Å²) in [6, 6.07) is 3.57. The van der Waals surface area contributed by atoms with Crippen molar-refractivity contribution >= 4 is 45.7 Å². The van der Waals surface area contributed by atoms with Crippen LogP contribution in [-0.4, -0.2) is 17.7 Å². The first kappa shape index (κ1) is 18.6. The van der Waals surface area contributed by atoms with E-state index in [2.05, 4.69) is 10.6 Å². The molecule has 1 aromatic heterocycles. The summed E-state index contributed by atoms with van der Waals surface area (Å²) in [5.41, 5.74) is 5.70. The van der Waals surface area contributed by atoms with E-state index < -0.39 is 23.7 Å². The molecule has 5 nitrogen and oxygen atoms in total. The van der Waals surface area contributed by atoms with Gasteiger partial charge in [-0.3, -0.25) is 10.1 Å². The summed E-state index contributed by atoms with van der Waals surface area (Å²) in [6.07, 6.45) is -3.82. The lowest BCUT2D eigenvalue weighted by Crippen LogP contribution is -2.22. The quantitative estimate of drug-likeness (QED) is 0.717. The molecule has 3 rings (SSSR count). The van der Waals surface area contributed by atoms with E-state index in [9.17, 15) is 22.8 Å². The van der Waals surface area contributed by atoms with Crippen LogP contribution >= 0.6 is 23.1 Å². The average Bonchev–Trinajstić information content (AvgIpc) is 2.91. The Bertz CT molecular complexity index is 865. The Labute approximate surface area is 155 Å². The molecule has 0 fully saturated rings. The maximum atomic E-state index is 12.7. The van der Waals surface area contributed by atoms with Crippen LogP contribution in [0.5, 0.6) is 0 Å². The number of carbonyl (C=O) groups excluding carboxylic acids is 2. The highest BCUT2D eigenvalue weighted by Crippen LogP contribution is 2.39. The van der Waals surface area contributed by atoms with Gasteiger partial charge in [-0.05, 0) is 35.9 Å². The molecular weight excluding hydrogens is 387 g/mol. The summed E-state index contributed by atoms with van der Waals surface area (Å²) in [4.78, 5) is 24.9. The van der Waals surface area contributed by atoms with E-state index in [1.165, 1.54) is 23.5 Å². The van der Waals surface area contributed by atoms with E-state index in [0.717, 1.165) is 34.1 Å². The molecule has 3 amide bonds. The first-order chi connectivity index (χ1) is 12.3. The number of nitrogens with one attached hydrogen (secondary N) is 2. The van der Waals surface area contributed by atoms with Crippen LogP contribution in [0, 0.1) is 0 Å². The average molecular weight is 401 g/mol. The van der Waals surface area contributed by atoms with Gasteiger partial charge < -0.3 is 11.1 Å². The molecule has 0 radical (unpaired) electrons. The van der Waals surface area contributed by atoms with Gasteiger partial charge in [0.05, 0.1) is 11.1 Å². The number of hydrogen-bond acceptors (Lipinski definition) is 4. The van der Waals surface area contributed by atoms with Gasteiger partial charge in [0.15, 0.2) is 0 Å². The Balaban J connectivity index is 1.79. The Morgan fingerprint density at radius 3 is 2.65 bits per heavy atom. The minimum absolute atomic E-state index is 0.00479. The summed E-state index contributed by atoms with van der Waals surface area (Å²) in [5, 5.41) is 5.20. The van der Waals surface area contributed by atoms with Gasteiger partial charge in [-0.1, -0.05) is 6.07 Å². The van der Waals surface area contributed by atoms with Gasteiger partial charge in [0, 0.05) is 16.3 Å². The smallest absolute Gasteiger partial charge is 0.365 e. The van der Waals surface area contributed by atoms with Crippen LogP contribution in [0.15, 0.2) is 24.3 Å². The first-order valence-corrected chi connectivity index (χ1v) is 9.50. The second-order valence-corrected chi connectivity index (χ2v) is 7.74. The van der Waals surface area contributed by atoms with E-state index >= 15 is 0 Å². The minimum atomic E-state index is -4.50. The van der Waals surface area contributed by atoms with Crippen LogP contribution in [0.4, 0.5) is 28.7 Å². The highest BCUT2D eigenvalue weighted by Gasteiger charge is 2.30. The van der Waals surface area contributed by atoms with Crippen molar-refractivity contribution in [2.75, 3.05) is 16.4 Å². The van der Waals surface area contributed by atoms with Crippen molar-refractivity contribution in [1.82, 2.24) is 0 Å². The lowest BCUT2D eigenvalue weighted by atomic mass is 10.1. The molecule has 0 bridgehead atoms. The van der Waals surface area contributed by atoms with Gasteiger partial charge in [-0.25, -0.2) is 4.79 Å². The number of thioether (sulfide) groups is 1. The lowest BCUT2D eigenvalue weighted by Gasteiger charge is -2.11. The fraction of sp³-hybridized carbons (Fsp3) is 0.250. The number of primary amides is 1. The summed E-state index contributed by atoms with van der Waals surface area (Å²) in [7, 11) is 0. The summed E-state index contributed by atoms with van der Waals surface area (Å²) < 4.78 is 38.2. The lowest BCUT2D eigenvalue weighted by molar-refractivity contribution is -0.137. The second kappa shape index (κ2) is 7.20. The van der Waals surface area contributed by atoms with Crippen molar-refractivity contribution in [3.05, 3.63) is 45.8 Å². The van der Waals surface area contributed by atoms with Gasteiger partial charge in [-0.15, -0.1) is 11.3 Å². The third kappa shape index (κ3) is 3.96. The highest BCUT2D eigenvalue weighted by molar-refractivity contribution is 7.98. The van der Waals surface area contributed by atoms with Crippen LogP contribution in [0.25, 0.3) is 0 Å². The Kier molecular flexibility index (Phi) is 5.15. The monoisotopic (exact) mass is 401 g/mol. The number of rotatable bonds is 3. The Morgan fingerprint density at radius 1 is 1.19 bits per heavy atom. The SMILES string of the molecule is NC(=O)c1c(NC(=O)Nc2cccc(C(F)(F)F)c2)sc2c1CCSC2. The number of nitrogens with two attached hydrogens (primary N) is 1. The predicted molar refractivity (Wildman–Crippen MR) is 96.8 cm³/mol. The number of fused-ring (bicyclic) bond motifs is 1. The standard InChI is InChI=1S/C16H14F3N3O2S2/c17-16(18,19)8-2-1-3-9(6-8)21-15(24)22-14-12(13(20)23)10-4-5-25-7-11(10)26-14/h1-3,6H,4-5,7H2,(H2,20,23)(H2,21,22,24). The van der Waals surface area contributed by atoms with Gasteiger partial charge in [-0.2, -0.15) is 24.9 Å². The topological polar surface area (TPSA) is 84.2 Å². The van der Waals surface area contributed by atoms with Gasteiger partial charge in [0.2, 0.25) is 0 Å². The molecule has 0 saturated heterocycles. The summed E-state index contributed by atoms with van der Waals surface area (Å²) >= 11 is 2.98. The number of urea groups is 1. The molecule has 0 aliphatic carbocycles. The molecular formula is C16H14F3N3O2S2. The number of benzene rings is 1. The number of halogens is 3. The fourth-order valence-electron chi connectivity index (χ4n) is 2.62. The Morgan fingerprint density at radius 2 is 1.96 bits per heavy atom. The van der Waals surface area contributed by atoms with Crippen molar-refractivity contribution in [1.29, 1.82) is 0 Å². The molecule has 2 aromatic rings. The summed E-state index contributed by atoms with van der Waals surface area (Å²) in [5.74, 6) is 0.959. The number of thiophene rings is 1. The molecule has 1 aliphatic heterocycles. The maximum absolute atomic E-state index is 12.7. The first-order valence-electron chi connectivity index (χ1n) is 7.53. The van der Waals surface area contributed by atoms with Gasteiger partial charge >= 0.3 is 12.2 Å². The number of alkyl halides is 3. The van der Waals surface area contributed by atoms with Gasteiger partial charge in [0.25, 0.3) is 5.91 Å². The van der Waals surface area contributed by atoms with E-state index in [1.807, 2.05) is 0 Å². The van der Waals surface area contributed by atoms with Crippen molar-refractivity contribution in [2.24, 2.45) is 5.73 Å². The number of anilines is 2. The van der Waals surface area contributed by atoms with Crippen LogP contribution in [0.1, 0.15) is 26.4 Å². The van der Waals surface area contributed by atoms with Crippen molar-refractivity contribution in [3.8, 4) is 0 Å². The normalized spacial score (nSPS) is 13.8. The molecule has 26 heavy (non-hydrogen) atoms. The third-order valence-electron chi connectivity index (χ3n) is 3.74. The highest BCUT2D eigenvalue weighted by atomic mass is 32.2. The molecule has 0 unspecified atom stereocenters. The molecule has 0 atom stereocenters. The second-order valence-electron chi connectivity index (χ2n) is 5.53. The van der Waals surface area contributed by atoms with E-state index in [0.29, 0.717) is 11.4 Å². The Hall–Kier alpha value is -2.20. The number of carbonyl (C=O) groups is 2. The minimum Gasteiger partial charge on any atom is -0.365 e. The predicted octanol–water partition coefficient (Wildman–Crippen LogP) is 4.30. The van der Waals surface area contributed by atoms with E-state index in [4.69, 9.17) is 5.73 Å². The number of hydrogen-bond donors (Lipinski definition) is 3. The number of amides is 3. The van der Waals surface area contributed by atoms with Crippen LogP contribution in [0.2, 0.25) is 0 Å². The van der Waals surface area contributed by atoms with Crippen LogP contribution in [-0.2, 0) is 18.3 Å². The summed E-state index contributed by atoms with van der Waals surface area (Å²) in [6.45, 7) is 0. The molecule has 1 aliphatic rings. The molecule has 4 N–H and O–H groups in total. The zero-order valence-corrected chi connectivity index (χ0v) is 14.9. The molecule has 0 saturated carbocycles. The molecule has 2 heterocycles. The van der Waals surface area contributed by atoms with Crippen molar-refractivity contribution in [2.45, 2.75) is 18.3 Å². The fourth-order valence-corrected chi connectivity index (χ4v) is 5.00. The molecule has 1 aromatic carbocycles. The zero-order chi connectivity index (χ0) is 18.9. The molecule has 0 spiro atoms.